The number of carbonyl (C=O) groups is 1. The van der Waals surface area contributed by atoms with Crippen molar-refractivity contribution in [1.82, 2.24) is 9.88 Å². The lowest BCUT2D eigenvalue weighted by Crippen LogP contribution is -2.37. The van der Waals surface area contributed by atoms with Crippen LogP contribution in [0.3, 0.4) is 0 Å². The highest BCUT2D eigenvalue weighted by atomic mass is 16.2. The minimum absolute atomic E-state index is 0.162. The Morgan fingerprint density at radius 3 is 3.00 bits per heavy atom. The molecular formula is C13H18N2O. The van der Waals surface area contributed by atoms with Crippen molar-refractivity contribution < 1.29 is 4.79 Å². The summed E-state index contributed by atoms with van der Waals surface area (Å²) in [6, 6.07) is 4.20. The van der Waals surface area contributed by atoms with Crippen LogP contribution in [0.4, 0.5) is 0 Å². The molecule has 0 aliphatic carbocycles. The Kier molecular flexibility index (Phi) is 3.22. The lowest BCUT2D eigenvalue weighted by Gasteiger charge is -2.35. The van der Waals surface area contributed by atoms with Crippen molar-refractivity contribution >= 4 is 5.91 Å². The summed E-state index contributed by atoms with van der Waals surface area (Å²) >= 11 is 0. The van der Waals surface area contributed by atoms with Crippen molar-refractivity contribution in [2.75, 3.05) is 6.54 Å². The van der Waals surface area contributed by atoms with Crippen molar-refractivity contribution in [3.8, 4) is 0 Å². The highest BCUT2D eigenvalue weighted by molar-refractivity contribution is 5.73. The molecule has 0 aromatic carbocycles. The van der Waals surface area contributed by atoms with Gasteiger partial charge in [0.2, 0.25) is 5.91 Å². The Hall–Kier alpha value is -1.38. The zero-order valence-electron chi connectivity index (χ0n) is 9.94. The van der Waals surface area contributed by atoms with Gasteiger partial charge in [0.1, 0.15) is 0 Å². The summed E-state index contributed by atoms with van der Waals surface area (Å²) in [6.45, 7) is 4.59. The second kappa shape index (κ2) is 4.64. The Bertz CT molecular complexity index is 389. The van der Waals surface area contributed by atoms with Gasteiger partial charge in [-0.1, -0.05) is 6.07 Å². The van der Waals surface area contributed by atoms with Crippen molar-refractivity contribution in [1.29, 1.82) is 0 Å². The molecule has 1 aliphatic heterocycles. The number of carbonyl (C=O) groups excluding carboxylic acids is 1. The van der Waals surface area contributed by atoms with E-state index in [0.29, 0.717) is 0 Å². The number of aromatic nitrogens is 1. The summed E-state index contributed by atoms with van der Waals surface area (Å²) in [6.07, 6.45) is 5.15. The third kappa shape index (κ3) is 2.08. The Labute approximate surface area is 96.5 Å². The minimum Gasteiger partial charge on any atom is -0.334 e. The summed E-state index contributed by atoms with van der Waals surface area (Å²) < 4.78 is 0. The van der Waals surface area contributed by atoms with E-state index in [1.165, 1.54) is 12.0 Å². The molecule has 0 spiro atoms. The first-order valence-electron chi connectivity index (χ1n) is 5.89. The number of pyridine rings is 1. The van der Waals surface area contributed by atoms with Gasteiger partial charge in [0, 0.05) is 19.7 Å². The van der Waals surface area contributed by atoms with E-state index in [-0.39, 0.29) is 11.9 Å². The molecule has 86 valence electrons. The van der Waals surface area contributed by atoms with Crippen molar-refractivity contribution in [3.05, 3.63) is 29.6 Å². The quantitative estimate of drug-likeness (QED) is 0.725. The molecule has 3 nitrogen and oxygen atoms in total. The van der Waals surface area contributed by atoms with Gasteiger partial charge in [0.25, 0.3) is 0 Å². The van der Waals surface area contributed by atoms with E-state index < -0.39 is 0 Å². The third-order valence-electron chi connectivity index (χ3n) is 3.27. The molecule has 2 rings (SSSR count). The maximum absolute atomic E-state index is 11.6. The predicted molar refractivity (Wildman–Crippen MR) is 63.0 cm³/mol. The zero-order valence-corrected chi connectivity index (χ0v) is 9.94. The fourth-order valence-corrected chi connectivity index (χ4v) is 2.44. The Morgan fingerprint density at radius 1 is 1.50 bits per heavy atom. The average Bonchev–Trinajstić information content (AvgIpc) is 2.29. The Morgan fingerprint density at radius 2 is 2.31 bits per heavy atom. The molecule has 2 heterocycles. The van der Waals surface area contributed by atoms with Gasteiger partial charge in [-0.2, -0.15) is 0 Å². The maximum atomic E-state index is 11.6. The number of likely N-dealkylation sites (tertiary alicyclic amines) is 1. The van der Waals surface area contributed by atoms with Crippen LogP contribution in [0.1, 0.15) is 43.5 Å². The largest absolute Gasteiger partial charge is 0.334 e. The smallest absolute Gasteiger partial charge is 0.220 e. The maximum Gasteiger partial charge on any atom is 0.220 e. The van der Waals surface area contributed by atoms with Crippen LogP contribution in [0, 0.1) is 6.92 Å². The molecule has 0 unspecified atom stereocenters. The summed E-state index contributed by atoms with van der Waals surface area (Å²) in [4.78, 5) is 18.0. The molecule has 1 saturated heterocycles. The number of aryl methyl sites for hydroxylation is 1. The molecule has 1 atom stereocenters. The standard InChI is InChI=1S/C13H18N2O/c1-10-6-5-8-14-13(10)12-7-3-4-9-15(12)11(2)16/h5-6,8,12H,3-4,7,9H2,1-2H3/t12-/m0/s1. The summed E-state index contributed by atoms with van der Waals surface area (Å²) in [7, 11) is 0. The van der Waals surface area contributed by atoms with Crippen LogP contribution < -0.4 is 0 Å². The van der Waals surface area contributed by atoms with Crippen LogP contribution in [0.2, 0.25) is 0 Å². The average molecular weight is 218 g/mol. The first kappa shape index (κ1) is 11.1. The van der Waals surface area contributed by atoms with Crippen LogP contribution in [0.5, 0.6) is 0 Å². The van der Waals surface area contributed by atoms with Gasteiger partial charge < -0.3 is 4.90 Å². The molecule has 0 radical (unpaired) electrons. The summed E-state index contributed by atoms with van der Waals surface area (Å²) in [5, 5.41) is 0. The molecule has 1 aromatic heterocycles. The van der Waals surface area contributed by atoms with Gasteiger partial charge in [-0.25, -0.2) is 0 Å². The molecule has 16 heavy (non-hydrogen) atoms. The molecule has 1 fully saturated rings. The van der Waals surface area contributed by atoms with Gasteiger partial charge in [-0.05, 0) is 37.8 Å². The van der Waals surface area contributed by atoms with Crippen LogP contribution >= 0.6 is 0 Å². The third-order valence-corrected chi connectivity index (χ3v) is 3.27. The molecule has 0 bridgehead atoms. The van der Waals surface area contributed by atoms with E-state index in [1.54, 1.807) is 6.92 Å². The molecule has 1 aliphatic rings. The summed E-state index contributed by atoms with van der Waals surface area (Å²) in [5.74, 6) is 0.162. The molecule has 1 amide bonds. The number of rotatable bonds is 1. The highest BCUT2D eigenvalue weighted by Gasteiger charge is 2.27. The van der Waals surface area contributed by atoms with E-state index in [2.05, 4.69) is 18.0 Å². The van der Waals surface area contributed by atoms with Crippen LogP contribution in [0.25, 0.3) is 0 Å². The van der Waals surface area contributed by atoms with Gasteiger partial charge in [-0.15, -0.1) is 0 Å². The van der Waals surface area contributed by atoms with Gasteiger partial charge in [-0.3, -0.25) is 9.78 Å². The SMILES string of the molecule is CC(=O)N1CCCC[C@H]1c1ncccc1C. The molecule has 0 N–H and O–H groups in total. The topological polar surface area (TPSA) is 33.2 Å². The fraction of sp³-hybridized carbons (Fsp3) is 0.538. The first-order chi connectivity index (χ1) is 7.70. The van der Waals surface area contributed by atoms with E-state index >= 15 is 0 Å². The van der Waals surface area contributed by atoms with Gasteiger partial charge >= 0.3 is 0 Å². The predicted octanol–water partition coefficient (Wildman–Crippen LogP) is 2.46. The van der Waals surface area contributed by atoms with E-state index in [4.69, 9.17) is 0 Å². The highest BCUT2D eigenvalue weighted by Crippen LogP contribution is 2.31. The normalized spacial score (nSPS) is 20.9. The first-order valence-corrected chi connectivity index (χ1v) is 5.89. The van der Waals surface area contributed by atoms with Gasteiger partial charge in [0.15, 0.2) is 0 Å². The second-order valence-corrected chi connectivity index (χ2v) is 4.43. The van der Waals surface area contributed by atoms with Crippen molar-refractivity contribution in [2.24, 2.45) is 0 Å². The van der Waals surface area contributed by atoms with Crippen LogP contribution in [-0.2, 0) is 4.79 Å². The lowest BCUT2D eigenvalue weighted by molar-refractivity contribution is -0.132. The zero-order chi connectivity index (χ0) is 11.5. The van der Waals surface area contributed by atoms with Crippen LogP contribution in [-0.4, -0.2) is 22.3 Å². The lowest BCUT2D eigenvalue weighted by atomic mass is 9.96. The Balaban J connectivity index is 2.30. The number of nitrogens with zero attached hydrogens (tertiary/aromatic N) is 2. The number of piperidine rings is 1. The number of amides is 1. The molecular weight excluding hydrogens is 200 g/mol. The van der Waals surface area contributed by atoms with Gasteiger partial charge in [0.05, 0.1) is 11.7 Å². The van der Waals surface area contributed by atoms with E-state index in [0.717, 1.165) is 25.1 Å². The monoisotopic (exact) mass is 218 g/mol. The minimum atomic E-state index is 0.162. The number of hydrogen-bond donors (Lipinski definition) is 0. The van der Waals surface area contributed by atoms with Crippen molar-refractivity contribution in [3.63, 3.8) is 0 Å². The van der Waals surface area contributed by atoms with E-state index in [9.17, 15) is 4.79 Å². The van der Waals surface area contributed by atoms with Crippen LogP contribution in [0.15, 0.2) is 18.3 Å². The number of hydrogen-bond acceptors (Lipinski definition) is 2. The molecule has 3 heteroatoms. The second-order valence-electron chi connectivity index (χ2n) is 4.43. The summed E-state index contributed by atoms with van der Waals surface area (Å²) in [5.41, 5.74) is 2.25. The van der Waals surface area contributed by atoms with E-state index in [1.807, 2.05) is 17.2 Å². The molecule has 1 aromatic rings. The molecule has 0 saturated carbocycles. The fourth-order valence-electron chi connectivity index (χ4n) is 2.44. The van der Waals surface area contributed by atoms with Crippen molar-refractivity contribution in [2.45, 2.75) is 39.2 Å².